The predicted octanol–water partition coefficient (Wildman–Crippen LogP) is 1.18. The van der Waals surface area contributed by atoms with Crippen LogP contribution < -0.4 is 15.4 Å². The van der Waals surface area contributed by atoms with Gasteiger partial charge in [-0.1, -0.05) is 35.2 Å². The van der Waals surface area contributed by atoms with Crippen LogP contribution in [0.4, 0.5) is 9.59 Å². The zero-order chi connectivity index (χ0) is 35.4. The molecule has 1 aromatic carbocycles. The molecule has 0 radical (unpaired) electrons. The van der Waals surface area contributed by atoms with Gasteiger partial charge in [0.05, 0.1) is 6.42 Å². The van der Waals surface area contributed by atoms with Crippen LogP contribution in [0.3, 0.4) is 0 Å². The van der Waals surface area contributed by atoms with Gasteiger partial charge in [-0.05, 0) is 44.0 Å². The molecule has 1 aromatic heterocycles. The number of likely N-dealkylation sites (N-methyl/N-ethyl adjacent to an activating group) is 1. The number of carboxylic acids is 1. The average Bonchev–Trinajstić information content (AvgIpc) is 3.48. The van der Waals surface area contributed by atoms with Crippen LogP contribution in [0.1, 0.15) is 24.4 Å². The van der Waals surface area contributed by atoms with Gasteiger partial charge in [0.2, 0.25) is 5.91 Å². The quantitative estimate of drug-likeness (QED) is 0.0738. The standard InChI is InChI=1S/C29H31N7O10S3/c1-4-34-9-10-35(24(40)23(34)39)27(43)30-14(2)45-29(44)46-18-7-5-16(6-8-18)11-19(37)31-20-22(38)36-21(26(41)42)17(12-47-25(20)36)13-48-28-33-32-15(3)49-28/h5-8,14,20,25H,4,9-13H2,1-3H3,(H,30,43)(H,31,37)(H,41,42)/t14?,20?,25-/m0/s1. The predicted molar refractivity (Wildman–Crippen MR) is 174 cm³/mol. The number of fused-ring (bicyclic) bond motifs is 1. The number of urea groups is 1. The first-order valence-electron chi connectivity index (χ1n) is 14.9. The first-order chi connectivity index (χ1) is 23.4. The van der Waals surface area contributed by atoms with Crippen molar-refractivity contribution in [2.24, 2.45) is 0 Å². The van der Waals surface area contributed by atoms with E-state index in [1.54, 1.807) is 6.92 Å². The third kappa shape index (κ3) is 8.14. The molecule has 0 bridgehead atoms. The number of benzene rings is 1. The molecule has 5 rings (SSSR count). The van der Waals surface area contributed by atoms with Crippen molar-refractivity contribution in [2.75, 3.05) is 31.1 Å². The summed E-state index contributed by atoms with van der Waals surface area (Å²) in [5.41, 5.74) is 1.06. The molecule has 3 atom stereocenters. The molecule has 2 aromatic rings. The second-order valence-electron chi connectivity index (χ2n) is 10.8. The Labute approximate surface area is 291 Å². The maximum absolute atomic E-state index is 13.0. The average molecular weight is 734 g/mol. The van der Waals surface area contributed by atoms with Crippen molar-refractivity contribution >= 4 is 76.6 Å². The number of carbonyl (C=O) groups is 7. The van der Waals surface area contributed by atoms with Gasteiger partial charge in [-0.25, -0.2) is 14.4 Å². The van der Waals surface area contributed by atoms with Gasteiger partial charge in [0.15, 0.2) is 10.6 Å². The number of β-lactam (4-membered cyclic amide) rings is 1. The second-order valence-corrected chi connectivity index (χ2v) is 14.3. The largest absolute Gasteiger partial charge is 0.515 e. The number of hydrogen-bond acceptors (Lipinski definition) is 14. The molecule has 0 aliphatic carbocycles. The molecule has 20 heteroatoms. The van der Waals surface area contributed by atoms with Gasteiger partial charge < -0.3 is 30.1 Å². The van der Waals surface area contributed by atoms with E-state index in [0.29, 0.717) is 33.5 Å². The van der Waals surface area contributed by atoms with E-state index in [2.05, 4.69) is 20.8 Å². The van der Waals surface area contributed by atoms with Gasteiger partial charge in [0, 0.05) is 31.1 Å². The molecule has 2 fully saturated rings. The smallest absolute Gasteiger partial charge is 0.477 e. The summed E-state index contributed by atoms with van der Waals surface area (Å²) in [6.45, 7) is 5.41. The van der Waals surface area contributed by atoms with E-state index in [-0.39, 0.29) is 31.0 Å². The summed E-state index contributed by atoms with van der Waals surface area (Å²) in [5, 5.41) is 23.1. The van der Waals surface area contributed by atoms with Gasteiger partial charge in [-0.15, -0.1) is 22.0 Å². The minimum absolute atomic E-state index is 0.00305. The number of thioether (sulfide) groups is 2. The van der Waals surface area contributed by atoms with Crippen molar-refractivity contribution in [3.8, 4) is 5.75 Å². The number of carboxylic acid groups (broad SMARTS) is 1. The maximum atomic E-state index is 13.0. The van der Waals surface area contributed by atoms with Gasteiger partial charge in [-0.3, -0.25) is 29.0 Å². The molecule has 17 nitrogen and oxygen atoms in total. The third-order valence-electron chi connectivity index (χ3n) is 7.47. The number of hydrogen-bond donors (Lipinski definition) is 3. The zero-order valence-corrected chi connectivity index (χ0v) is 28.8. The number of aryl methyl sites for hydroxylation is 1. The first kappa shape index (κ1) is 35.6. The van der Waals surface area contributed by atoms with Crippen molar-refractivity contribution in [1.82, 2.24) is 35.5 Å². The van der Waals surface area contributed by atoms with Crippen LogP contribution in [0.25, 0.3) is 0 Å². The summed E-state index contributed by atoms with van der Waals surface area (Å²) in [4.78, 5) is 90.1. The fourth-order valence-electron chi connectivity index (χ4n) is 5.08. The van der Waals surface area contributed by atoms with E-state index in [0.717, 1.165) is 9.91 Å². The van der Waals surface area contributed by atoms with E-state index >= 15 is 0 Å². The fourth-order valence-corrected chi connectivity index (χ4v) is 8.38. The molecule has 0 spiro atoms. The molecular weight excluding hydrogens is 703 g/mol. The number of nitrogens with zero attached hydrogens (tertiary/aromatic N) is 5. The lowest BCUT2D eigenvalue weighted by Crippen LogP contribution is -2.70. The fraction of sp³-hybridized carbons (Fsp3) is 0.414. The van der Waals surface area contributed by atoms with Crippen molar-refractivity contribution in [1.29, 1.82) is 0 Å². The van der Waals surface area contributed by atoms with Crippen LogP contribution >= 0.6 is 34.9 Å². The van der Waals surface area contributed by atoms with Crippen molar-refractivity contribution < 1.29 is 48.1 Å². The van der Waals surface area contributed by atoms with Crippen LogP contribution in [-0.4, -0.2) is 121 Å². The Kier molecular flexibility index (Phi) is 11.1. The number of imide groups is 1. The Hall–Kier alpha value is -4.69. The van der Waals surface area contributed by atoms with E-state index in [1.807, 2.05) is 6.92 Å². The molecule has 3 aliphatic rings. The summed E-state index contributed by atoms with van der Waals surface area (Å²) in [6, 6.07) is 4.13. The van der Waals surface area contributed by atoms with Crippen LogP contribution in [0.15, 0.2) is 39.9 Å². The number of ether oxygens (including phenoxy) is 2. The SMILES string of the molecule is CCN1CCN(C(=O)NC(C)OC(=O)Oc2ccc(CC(=O)NC3C(=O)N4C(C(=O)O)=C(CSc5nnc(C)s5)CS[C@@H]34)cc2)C(=O)C1=O. The number of nitrogens with one attached hydrogen (secondary N) is 2. The van der Waals surface area contributed by atoms with Gasteiger partial charge in [-0.2, -0.15) is 0 Å². The van der Waals surface area contributed by atoms with Crippen LogP contribution in [0.2, 0.25) is 0 Å². The number of carbonyl (C=O) groups excluding carboxylic acids is 6. The third-order valence-corrected chi connectivity index (χ3v) is 10.9. The Bertz CT molecular complexity index is 1720. The topological polar surface area (TPSA) is 218 Å². The molecule has 3 aliphatic heterocycles. The molecule has 49 heavy (non-hydrogen) atoms. The minimum atomic E-state index is -1.21. The Morgan fingerprint density at radius 2 is 1.84 bits per heavy atom. The number of aromatic nitrogens is 2. The normalized spacial score (nSPS) is 19.6. The molecule has 260 valence electrons. The second kappa shape index (κ2) is 15.2. The molecule has 0 saturated carbocycles. The van der Waals surface area contributed by atoms with E-state index in [4.69, 9.17) is 9.47 Å². The summed E-state index contributed by atoms with van der Waals surface area (Å²) in [7, 11) is 0. The van der Waals surface area contributed by atoms with Crippen LogP contribution in [-0.2, 0) is 35.1 Å². The summed E-state index contributed by atoms with van der Waals surface area (Å²) >= 11 is 4.13. The van der Waals surface area contributed by atoms with Gasteiger partial charge in [0.25, 0.3) is 5.91 Å². The lowest BCUT2D eigenvalue weighted by molar-refractivity contribution is -0.153. The molecule has 2 unspecified atom stereocenters. The van der Waals surface area contributed by atoms with Crippen molar-refractivity contribution in [2.45, 2.75) is 49.2 Å². The Balaban J connectivity index is 1.07. The maximum Gasteiger partial charge on any atom is 0.515 e. The lowest BCUT2D eigenvalue weighted by Gasteiger charge is -2.49. The summed E-state index contributed by atoms with van der Waals surface area (Å²) in [5.74, 6) is -3.16. The Morgan fingerprint density at radius 1 is 1.10 bits per heavy atom. The number of piperazine rings is 1. The lowest BCUT2D eigenvalue weighted by atomic mass is 10.0. The molecule has 4 heterocycles. The molecule has 2 saturated heterocycles. The zero-order valence-electron chi connectivity index (χ0n) is 26.4. The van der Waals surface area contributed by atoms with Crippen LogP contribution in [0.5, 0.6) is 5.75 Å². The molecule has 6 amide bonds. The highest BCUT2D eigenvalue weighted by atomic mass is 32.2. The highest BCUT2D eigenvalue weighted by Crippen LogP contribution is 2.41. The Morgan fingerprint density at radius 3 is 2.49 bits per heavy atom. The highest BCUT2D eigenvalue weighted by Gasteiger charge is 2.54. The van der Waals surface area contributed by atoms with Crippen LogP contribution in [0, 0.1) is 6.92 Å². The highest BCUT2D eigenvalue weighted by molar-refractivity contribution is 8.01. The summed E-state index contributed by atoms with van der Waals surface area (Å²) < 4.78 is 10.8. The minimum Gasteiger partial charge on any atom is -0.477 e. The van der Waals surface area contributed by atoms with E-state index in [1.165, 1.54) is 75.8 Å². The monoisotopic (exact) mass is 733 g/mol. The molecular formula is C29H31N7O10S3. The number of rotatable bonds is 11. The summed E-state index contributed by atoms with van der Waals surface area (Å²) in [6.07, 6.45) is -2.45. The van der Waals surface area contributed by atoms with E-state index < -0.39 is 59.4 Å². The van der Waals surface area contributed by atoms with Gasteiger partial charge >= 0.3 is 30.0 Å². The molecule has 3 N–H and O–H groups in total. The van der Waals surface area contributed by atoms with Crippen molar-refractivity contribution in [3.63, 3.8) is 0 Å². The van der Waals surface area contributed by atoms with Gasteiger partial charge in [0.1, 0.15) is 27.9 Å². The van der Waals surface area contributed by atoms with Crippen molar-refractivity contribution in [3.05, 3.63) is 46.1 Å². The number of amides is 6. The van der Waals surface area contributed by atoms with E-state index in [9.17, 15) is 38.7 Å². The first-order valence-corrected chi connectivity index (χ1v) is 17.7. The number of aliphatic carboxylic acids is 1.